The lowest BCUT2D eigenvalue weighted by molar-refractivity contribution is -0.0612. The zero-order valence-corrected chi connectivity index (χ0v) is 15.5. The molecule has 2 aliphatic rings. The van der Waals surface area contributed by atoms with Gasteiger partial charge in [-0.05, 0) is 62.5 Å². The molecule has 1 aliphatic heterocycles. The number of fused-ring (bicyclic) bond motifs is 3. The Morgan fingerprint density at radius 3 is 2.76 bits per heavy atom. The number of carboxylic acid groups (broad SMARTS) is 1. The van der Waals surface area contributed by atoms with Crippen LogP contribution in [-0.4, -0.2) is 28.4 Å². The van der Waals surface area contributed by atoms with Gasteiger partial charge < -0.3 is 14.9 Å². The molecule has 0 spiro atoms. The average Bonchev–Trinajstić information content (AvgIpc) is 2.69. The van der Waals surface area contributed by atoms with Crippen LogP contribution in [0.4, 0.5) is 0 Å². The summed E-state index contributed by atoms with van der Waals surface area (Å²) in [5.74, 6) is 0.643. The highest BCUT2D eigenvalue weighted by molar-refractivity contribution is 5.88. The summed E-state index contributed by atoms with van der Waals surface area (Å²) in [7, 11) is 0. The number of hydrogen-bond acceptors (Lipinski definition) is 3. The summed E-state index contributed by atoms with van der Waals surface area (Å²) < 4.78 is 5.96. The molecule has 0 saturated heterocycles. The summed E-state index contributed by atoms with van der Waals surface area (Å²) in [4.78, 5) is 11.3. The van der Waals surface area contributed by atoms with Crippen molar-refractivity contribution in [2.24, 2.45) is 11.8 Å². The molecule has 25 heavy (non-hydrogen) atoms. The Balaban J connectivity index is 1.99. The molecule has 1 fully saturated rings. The van der Waals surface area contributed by atoms with Crippen LogP contribution in [0.2, 0.25) is 0 Å². The fraction of sp³-hybridized carbons (Fsp3) is 0.667. The molecule has 0 radical (unpaired) electrons. The Morgan fingerprint density at radius 2 is 2.12 bits per heavy atom. The van der Waals surface area contributed by atoms with Crippen molar-refractivity contribution in [3.05, 3.63) is 29.3 Å². The number of carboxylic acids is 1. The first-order valence-corrected chi connectivity index (χ1v) is 9.53. The Labute approximate surface area is 150 Å². The second kappa shape index (κ2) is 6.64. The summed E-state index contributed by atoms with van der Waals surface area (Å²) in [5, 5.41) is 20.4. The van der Waals surface area contributed by atoms with Gasteiger partial charge in [0.2, 0.25) is 0 Å². The van der Waals surface area contributed by atoms with Gasteiger partial charge >= 0.3 is 5.97 Å². The van der Waals surface area contributed by atoms with E-state index in [0.717, 1.165) is 49.8 Å². The SMILES string of the molecule is CC[C@@]12CC[C@](O)(CC(C)C)C[C@@H]1CCOc1cc(C(=O)O)ccc12. The second-order valence-electron chi connectivity index (χ2n) is 8.39. The van der Waals surface area contributed by atoms with Gasteiger partial charge in [-0.3, -0.25) is 0 Å². The van der Waals surface area contributed by atoms with Crippen LogP contribution in [0.3, 0.4) is 0 Å². The average molecular weight is 346 g/mol. The van der Waals surface area contributed by atoms with Gasteiger partial charge in [0.1, 0.15) is 5.75 Å². The Bertz CT molecular complexity index is 653. The van der Waals surface area contributed by atoms with Crippen LogP contribution in [0.25, 0.3) is 0 Å². The van der Waals surface area contributed by atoms with Gasteiger partial charge in [0.05, 0.1) is 17.8 Å². The maximum atomic E-state index is 11.3. The lowest BCUT2D eigenvalue weighted by Crippen LogP contribution is -2.48. The third-order valence-electron chi connectivity index (χ3n) is 6.35. The fourth-order valence-electron chi connectivity index (χ4n) is 5.25. The van der Waals surface area contributed by atoms with Crippen LogP contribution in [-0.2, 0) is 5.41 Å². The van der Waals surface area contributed by atoms with Crippen molar-refractivity contribution >= 4 is 5.97 Å². The smallest absolute Gasteiger partial charge is 0.335 e. The first-order chi connectivity index (χ1) is 11.8. The van der Waals surface area contributed by atoms with Crippen LogP contribution >= 0.6 is 0 Å². The summed E-state index contributed by atoms with van der Waals surface area (Å²) >= 11 is 0. The normalized spacial score (nSPS) is 31.6. The number of benzene rings is 1. The molecule has 1 aromatic rings. The van der Waals surface area contributed by atoms with Gasteiger partial charge in [0.25, 0.3) is 0 Å². The molecule has 0 bridgehead atoms. The molecule has 4 heteroatoms. The van der Waals surface area contributed by atoms with Crippen LogP contribution in [0.1, 0.15) is 75.2 Å². The molecule has 1 aliphatic carbocycles. The minimum absolute atomic E-state index is 0.0217. The molecule has 0 amide bonds. The maximum Gasteiger partial charge on any atom is 0.335 e. The molecule has 0 unspecified atom stereocenters. The second-order valence-corrected chi connectivity index (χ2v) is 8.39. The molecule has 1 saturated carbocycles. The van der Waals surface area contributed by atoms with E-state index in [1.54, 1.807) is 12.1 Å². The summed E-state index contributed by atoms with van der Waals surface area (Å²) in [6.07, 6.45) is 5.27. The van der Waals surface area contributed by atoms with E-state index in [1.807, 2.05) is 6.07 Å². The predicted octanol–water partition coefficient (Wildman–Crippen LogP) is 4.39. The third-order valence-corrected chi connectivity index (χ3v) is 6.35. The van der Waals surface area contributed by atoms with E-state index in [-0.39, 0.29) is 11.0 Å². The number of carbonyl (C=O) groups is 1. The quantitative estimate of drug-likeness (QED) is 0.848. The highest BCUT2D eigenvalue weighted by atomic mass is 16.5. The van der Waals surface area contributed by atoms with Gasteiger partial charge in [-0.1, -0.05) is 26.8 Å². The number of rotatable bonds is 4. The van der Waals surface area contributed by atoms with Crippen LogP contribution in [0, 0.1) is 11.8 Å². The van der Waals surface area contributed by atoms with E-state index < -0.39 is 11.6 Å². The monoisotopic (exact) mass is 346 g/mol. The Morgan fingerprint density at radius 1 is 1.36 bits per heavy atom. The lowest BCUT2D eigenvalue weighted by Gasteiger charge is -2.50. The van der Waals surface area contributed by atoms with Crippen molar-refractivity contribution in [3.63, 3.8) is 0 Å². The van der Waals surface area contributed by atoms with E-state index in [2.05, 4.69) is 20.8 Å². The number of ether oxygens (including phenoxy) is 1. The summed E-state index contributed by atoms with van der Waals surface area (Å²) in [6.45, 7) is 7.12. The van der Waals surface area contributed by atoms with E-state index in [1.165, 1.54) is 0 Å². The molecule has 1 aromatic carbocycles. The molecule has 1 heterocycles. The Hall–Kier alpha value is -1.55. The molecule has 3 rings (SSSR count). The largest absolute Gasteiger partial charge is 0.493 e. The Kier molecular flexibility index (Phi) is 4.84. The molecular weight excluding hydrogens is 316 g/mol. The highest BCUT2D eigenvalue weighted by Gasteiger charge is 2.50. The zero-order chi connectivity index (χ0) is 18.2. The summed E-state index contributed by atoms with van der Waals surface area (Å²) in [5.41, 5.74) is 0.805. The van der Waals surface area contributed by atoms with E-state index in [9.17, 15) is 15.0 Å². The van der Waals surface area contributed by atoms with Crippen molar-refractivity contribution in [2.45, 2.75) is 70.3 Å². The minimum atomic E-state index is -0.923. The highest BCUT2D eigenvalue weighted by Crippen LogP contribution is 2.55. The van der Waals surface area contributed by atoms with E-state index >= 15 is 0 Å². The van der Waals surface area contributed by atoms with Gasteiger partial charge in [0, 0.05) is 11.0 Å². The van der Waals surface area contributed by atoms with E-state index in [4.69, 9.17) is 4.74 Å². The number of aromatic carboxylic acids is 1. The zero-order valence-electron chi connectivity index (χ0n) is 15.5. The van der Waals surface area contributed by atoms with Gasteiger partial charge in [-0.15, -0.1) is 0 Å². The van der Waals surface area contributed by atoms with Gasteiger partial charge in [0.15, 0.2) is 0 Å². The van der Waals surface area contributed by atoms with Crippen molar-refractivity contribution in [2.75, 3.05) is 6.61 Å². The van der Waals surface area contributed by atoms with Crippen LogP contribution in [0.15, 0.2) is 18.2 Å². The van der Waals surface area contributed by atoms with Crippen LogP contribution < -0.4 is 4.74 Å². The molecule has 0 aromatic heterocycles. The number of hydrogen-bond donors (Lipinski definition) is 2. The van der Waals surface area contributed by atoms with Crippen molar-refractivity contribution in [3.8, 4) is 5.75 Å². The maximum absolute atomic E-state index is 11.3. The van der Waals surface area contributed by atoms with Crippen LogP contribution in [0.5, 0.6) is 5.75 Å². The first-order valence-electron chi connectivity index (χ1n) is 9.53. The van der Waals surface area contributed by atoms with Crippen molar-refractivity contribution in [1.29, 1.82) is 0 Å². The first kappa shape index (κ1) is 18.2. The lowest BCUT2D eigenvalue weighted by atomic mass is 9.56. The topological polar surface area (TPSA) is 66.8 Å². The summed E-state index contributed by atoms with van der Waals surface area (Å²) in [6, 6.07) is 5.32. The predicted molar refractivity (Wildman–Crippen MR) is 97.2 cm³/mol. The molecular formula is C21H30O4. The van der Waals surface area contributed by atoms with Gasteiger partial charge in [-0.2, -0.15) is 0 Å². The fourth-order valence-corrected chi connectivity index (χ4v) is 5.25. The van der Waals surface area contributed by atoms with Gasteiger partial charge in [-0.25, -0.2) is 4.79 Å². The molecule has 4 nitrogen and oxygen atoms in total. The standard InChI is InChI=1S/C21H30O4/c1-4-21-9-8-20(24,12-14(2)3)13-16(21)7-10-25-18-11-15(19(22)23)5-6-17(18)21/h5-6,11,14,16,24H,4,7-10,12-13H2,1-3H3,(H,22,23)/t16-,20-,21+/m0/s1. The molecule has 138 valence electrons. The third kappa shape index (κ3) is 3.29. The molecule has 3 atom stereocenters. The minimum Gasteiger partial charge on any atom is -0.493 e. The van der Waals surface area contributed by atoms with Crippen molar-refractivity contribution < 1.29 is 19.7 Å². The van der Waals surface area contributed by atoms with Crippen molar-refractivity contribution in [1.82, 2.24) is 0 Å². The molecule has 2 N–H and O–H groups in total. The van der Waals surface area contributed by atoms with E-state index in [0.29, 0.717) is 18.4 Å². The number of aliphatic hydroxyl groups is 1.